The zero-order valence-electron chi connectivity index (χ0n) is 9.41. The Balaban J connectivity index is 1.86. The molecule has 18 heavy (non-hydrogen) atoms. The Morgan fingerprint density at radius 2 is 2.33 bits per heavy atom. The fourth-order valence-corrected chi connectivity index (χ4v) is 3.69. The number of hydrogen-bond donors (Lipinski definition) is 1. The lowest BCUT2D eigenvalue weighted by molar-refractivity contribution is 0.530. The number of benzene rings is 1. The van der Waals surface area contributed by atoms with E-state index in [1.165, 1.54) is 5.69 Å². The number of nitrogens with zero attached hydrogens (tertiary/aromatic N) is 1. The van der Waals surface area contributed by atoms with Crippen molar-refractivity contribution in [1.29, 1.82) is 0 Å². The fraction of sp³-hybridized carbons (Fsp3) is 0.308. The molecule has 1 aliphatic heterocycles. The van der Waals surface area contributed by atoms with Gasteiger partial charge in [-0.2, -0.15) is 0 Å². The van der Waals surface area contributed by atoms with E-state index in [1.54, 1.807) is 6.07 Å². The molecule has 2 heterocycles. The van der Waals surface area contributed by atoms with E-state index >= 15 is 0 Å². The molecule has 2 aliphatic rings. The van der Waals surface area contributed by atoms with E-state index in [9.17, 15) is 4.39 Å². The lowest BCUT2D eigenvalue weighted by atomic mass is 9.94. The second kappa shape index (κ2) is 3.25. The second-order valence-corrected chi connectivity index (χ2v) is 5.91. The van der Waals surface area contributed by atoms with Crippen LogP contribution < -0.4 is 0 Å². The highest BCUT2D eigenvalue weighted by molar-refractivity contribution is 7.71. The topological polar surface area (TPSA) is 20.7 Å². The molecular formula is C13H10ClFN2S. The Bertz CT molecular complexity index is 720. The van der Waals surface area contributed by atoms with Crippen molar-refractivity contribution in [2.75, 3.05) is 0 Å². The van der Waals surface area contributed by atoms with Crippen molar-refractivity contribution in [3.8, 4) is 0 Å². The summed E-state index contributed by atoms with van der Waals surface area (Å²) in [7, 11) is 0. The predicted octanol–water partition coefficient (Wildman–Crippen LogP) is 3.78. The molecule has 1 saturated carbocycles. The maximum Gasteiger partial charge on any atom is 0.177 e. The maximum absolute atomic E-state index is 14.2. The second-order valence-electron chi connectivity index (χ2n) is 5.12. The summed E-state index contributed by atoms with van der Waals surface area (Å²) in [5.74, 6) is 0.0979. The van der Waals surface area contributed by atoms with Gasteiger partial charge >= 0.3 is 0 Å². The van der Waals surface area contributed by atoms with Gasteiger partial charge in [0.25, 0.3) is 0 Å². The van der Waals surface area contributed by atoms with Gasteiger partial charge in [-0.15, -0.1) is 0 Å². The van der Waals surface area contributed by atoms with Crippen molar-refractivity contribution in [3.05, 3.63) is 51.3 Å². The zero-order chi connectivity index (χ0) is 12.5. The molecule has 0 amide bonds. The highest BCUT2D eigenvalue weighted by Gasteiger charge is 2.62. The average molecular weight is 281 g/mol. The van der Waals surface area contributed by atoms with Gasteiger partial charge in [-0.05, 0) is 30.3 Å². The van der Waals surface area contributed by atoms with Gasteiger partial charge in [0.05, 0.1) is 5.02 Å². The van der Waals surface area contributed by atoms with Gasteiger partial charge in [-0.25, -0.2) is 4.39 Å². The molecule has 2 atom stereocenters. The molecule has 0 saturated heterocycles. The van der Waals surface area contributed by atoms with Gasteiger partial charge in [-0.1, -0.05) is 23.7 Å². The molecular weight excluding hydrogens is 271 g/mol. The molecule has 5 heteroatoms. The molecule has 4 rings (SSSR count). The number of aromatic nitrogens is 2. The molecule has 1 fully saturated rings. The molecule has 0 spiro atoms. The normalized spacial score (nSPS) is 28.0. The van der Waals surface area contributed by atoms with Crippen molar-refractivity contribution in [2.24, 2.45) is 0 Å². The number of H-pyrrole nitrogens is 1. The fourth-order valence-electron chi connectivity index (χ4n) is 3.28. The van der Waals surface area contributed by atoms with Crippen LogP contribution in [-0.2, 0) is 12.0 Å². The van der Waals surface area contributed by atoms with Gasteiger partial charge in [0.2, 0.25) is 0 Å². The third-order valence-corrected chi connectivity index (χ3v) is 4.89. The minimum atomic E-state index is -0.276. The van der Waals surface area contributed by atoms with Crippen molar-refractivity contribution in [1.82, 2.24) is 9.55 Å². The van der Waals surface area contributed by atoms with E-state index in [0.717, 1.165) is 23.3 Å². The summed E-state index contributed by atoms with van der Waals surface area (Å²) in [5.41, 5.74) is 1.81. The average Bonchev–Trinajstić information content (AvgIpc) is 2.82. The maximum atomic E-state index is 14.2. The molecule has 0 radical (unpaired) electrons. The zero-order valence-corrected chi connectivity index (χ0v) is 11.0. The summed E-state index contributed by atoms with van der Waals surface area (Å²) >= 11 is 11.1. The summed E-state index contributed by atoms with van der Waals surface area (Å²) in [5, 5.41) is 0.203. The van der Waals surface area contributed by atoms with Crippen LogP contribution in [-0.4, -0.2) is 9.55 Å². The Hall–Kier alpha value is -1.13. The minimum Gasteiger partial charge on any atom is -0.337 e. The molecule has 1 aromatic carbocycles. The largest absolute Gasteiger partial charge is 0.337 e. The highest BCUT2D eigenvalue weighted by atomic mass is 35.5. The van der Waals surface area contributed by atoms with Gasteiger partial charge in [0.1, 0.15) is 5.82 Å². The van der Waals surface area contributed by atoms with Gasteiger partial charge in [0.15, 0.2) is 4.77 Å². The Kier molecular flexibility index (Phi) is 1.94. The van der Waals surface area contributed by atoms with E-state index in [-0.39, 0.29) is 16.3 Å². The number of hydrogen-bond acceptors (Lipinski definition) is 1. The smallest absolute Gasteiger partial charge is 0.177 e. The Morgan fingerprint density at radius 1 is 1.50 bits per heavy atom. The summed E-state index contributed by atoms with van der Waals surface area (Å²) in [6, 6.07) is 5.26. The van der Waals surface area contributed by atoms with E-state index in [2.05, 4.69) is 9.55 Å². The summed E-state index contributed by atoms with van der Waals surface area (Å²) in [4.78, 5) is 3.05. The van der Waals surface area contributed by atoms with Crippen LogP contribution in [0.5, 0.6) is 0 Å². The first-order valence-corrected chi connectivity index (χ1v) is 6.65. The molecule has 0 unspecified atom stereocenters. The number of halogens is 2. The highest BCUT2D eigenvalue weighted by Crippen LogP contribution is 2.65. The molecule has 92 valence electrons. The van der Waals surface area contributed by atoms with E-state index in [0.29, 0.717) is 5.92 Å². The standard InChI is InChI=1S/C13H10ClFN2S/c14-9-3-1-2-7(11(9)15)13-4-8(13)10-5-16-12(18)17(10)6-13/h1-3,5,8H,4,6H2,(H,16,18)/t8-,13+/m0/s1. The van der Waals surface area contributed by atoms with Gasteiger partial charge in [-0.3, -0.25) is 0 Å². The van der Waals surface area contributed by atoms with Crippen LogP contribution in [0.2, 0.25) is 5.02 Å². The molecule has 2 aromatic rings. The number of rotatable bonds is 1. The van der Waals surface area contributed by atoms with Crippen LogP contribution in [0.3, 0.4) is 0 Å². The van der Waals surface area contributed by atoms with Crippen LogP contribution in [0, 0.1) is 10.6 Å². The molecule has 2 nitrogen and oxygen atoms in total. The monoisotopic (exact) mass is 280 g/mol. The van der Waals surface area contributed by atoms with Crippen LogP contribution in [0.25, 0.3) is 0 Å². The molecule has 1 N–H and O–H groups in total. The summed E-state index contributed by atoms with van der Waals surface area (Å²) in [6.45, 7) is 0.757. The van der Waals surface area contributed by atoms with Gasteiger partial charge < -0.3 is 9.55 Å². The van der Waals surface area contributed by atoms with Crippen molar-refractivity contribution < 1.29 is 4.39 Å². The van der Waals surface area contributed by atoms with Gasteiger partial charge in [0, 0.05) is 29.8 Å². The molecule has 1 aliphatic carbocycles. The van der Waals surface area contributed by atoms with Crippen molar-refractivity contribution in [3.63, 3.8) is 0 Å². The van der Waals surface area contributed by atoms with E-state index in [1.807, 2.05) is 18.3 Å². The Labute approximate surface area is 113 Å². The number of fused-ring (bicyclic) bond motifs is 3. The van der Waals surface area contributed by atoms with E-state index < -0.39 is 0 Å². The van der Waals surface area contributed by atoms with Crippen molar-refractivity contribution >= 4 is 23.8 Å². The van der Waals surface area contributed by atoms with Crippen LogP contribution in [0.15, 0.2) is 24.4 Å². The third kappa shape index (κ3) is 1.15. The lowest BCUT2D eigenvalue weighted by Crippen LogP contribution is -2.14. The first kappa shape index (κ1) is 10.8. The summed E-state index contributed by atoms with van der Waals surface area (Å²) in [6.07, 6.45) is 2.93. The lowest BCUT2D eigenvalue weighted by Gasteiger charge is -2.14. The Morgan fingerprint density at radius 3 is 3.11 bits per heavy atom. The quantitative estimate of drug-likeness (QED) is 0.789. The predicted molar refractivity (Wildman–Crippen MR) is 70.1 cm³/mol. The number of aromatic amines is 1. The van der Waals surface area contributed by atoms with Crippen LogP contribution >= 0.6 is 23.8 Å². The van der Waals surface area contributed by atoms with Crippen LogP contribution in [0.4, 0.5) is 4.39 Å². The summed E-state index contributed by atoms with van der Waals surface area (Å²) < 4.78 is 17.0. The third-order valence-electron chi connectivity index (χ3n) is 4.26. The molecule has 1 aromatic heterocycles. The van der Waals surface area contributed by atoms with Crippen molar-refractivity contribution in [2.45, 2.75) is 24.3 Å². The van der Waals surface area contributed by atoms with Crippen LogP contribution in [0.1, 0.15) is 23.6 Å². The SMILES string of the molecule is Fc1c(Cl)cccc1[C@]12C[C@H]1c1c[nH]c(=S)n1C2. The number of imidazole rings is 1. The first-order chi connectivity index (χ1) is 8.63. The minimum absolute atomic E-state index is 0.118. The van der Waals surface area contributed by atoms with E-state index in [4.69, 9.17) is 23.8 Å². The first-order valence-electron chi connectivity index (χ1n) is 5.86. The number of nitrogens with one attached hydrogen (secondary N) is 1. The molecule has 0 bridgehead atoms.